The first-order valence-electron chi connectivity index (χ1n) is 9.41. The van der Waals surface area contributed by atoms with Crippen molar-refractivity contribution in [3.8, 4) is 0 Å². The van der Waals surface area contributed by atoms with Crippen molar-refractivity contribution in [2.45, 2.75) is 25.9 Å². The quantitative estimate of drug-likeness (QED) is 0.538. The summed E-state index contributed by atoms with van der Waals surface area (Å²) in [6.07, 6.45) is -3.19. The Morgan fingerprint density at radius 1 is 1.21 bits per heavy atom. The first kappa shape index (κ1) is 21.8. The van der Waals surface area contributed by atoms with Gasteiger partial charge in [-0.25, -0.2) is 4.98 Å². The Morgan fingerprint density at radius 2 is 1.96 bits per heavy atom. The summed E-state index contributed by atoms with van der Waals surface area (Å²) in [7, 11) is 0. The van der Waals surface area contributed by atoms with E-state index in [2.05, 4.69) is 25.5 Å². The molecule has 0 bridgehead atoms. The van der Waals surface area contributed by atoms with Crippen LogP contribution in [0.3, 0.4) is 0 Å². The van der Waals surface area contributed by atoms with Crippen LogP contribution in [-0.2, 0) is 4.79 Å². The summed E-state index contributed by atoms with van der Waals surface area (Å²) in [4.78, 5) is 24.5. The number of carbonyl (C=O) groups is 1. The van der Waals surface area contributed by atoms with Gasteiger partial charge >= 0.3 is 6.18 Å². The maximum atomic E-state index is 12.4. The predicted molar refractivity (Wildman–Crippen MR) is 102 cm³/mol. The van der Waals surface area contributed by atoms with E-state index in [1.807, 2.05) is 25.1 Å². The van der Waals surface area contributed by atoms with Crippen molar-refractivity contribution in [2.24, 2.45) is 4.99 Å². The molecule has 0 radical (unpaired) electrons. The van der Waals surface area contributed by atoms with Gasteiger partial charge < -0.3 is 20.4 Å². The van der Waals surface area contributed by atoms with E-state index < -0.39 is 12.6 Å². The van der Waals surface area contributed by atoms with Crippen molar-refractivity contribution in [2.75, 3.05) is 50.7 Å². The Labute approximate surface area is 163 Å². The molecule has 7 nitrogen and oxygen atoms in total. The number of guanidine groups is 1. The van der Waals surface area contributed by atoms with Gasteiger partial charge in [0, 0.05) is 51.9 Å². The molecule has 0 atom stereocenters. The zero-order chi connectivity index (χ0) is 20.4. The number of piperazine rings is 1. The summed E-state index contributed by atoms with van der Waals surface area (Å²) >= 11 is 0. The molecule has 0 saturated carbocycles. The lowest BCUT2D eigenvalue weighted by Crippen LogP contribution is -2.49. The molecule has 1 aliphatic rings. The minimum absolute atomic E-state index is 0.0133. The molecule has 1 amide bonds. The number of carbonyl (C=O) groups excluding carboxylic acids is 1. The molecule has 1 saturated heterocycles. The van der Waals surface area contributed by atoms with Crippen molar-refractivity contribution in [1.29, 1.82) is 0 Å². The fourth-order valence-corrected chi connectivity index (χ4v) is 2.81. The van der Waals surface area contributed by atoms with Crippen LogP contribution in [-0.4, -0.2) is 73.7 Å². The van der Waals surface area contributed by atoms with Gasteiger partial charge in [-0.2, -0.15) is 13.2 Å². The van der Waals surface area contributed by atoms with Gasteiger partial charge in [-0.1, -0.05) is 6.07 Å². The van der Waals surface area contributed by atoms with Crippen LogP contribution in [0.25, 0.3) is 0 Å². The van der Waals surface area contributed by atoms with E-state index in [9.17, 15) is 18.0 Å². The molecular formula is C18H27F3N6O. The fraction of sp³-hybridized carbons (Fsp3) is 0.611. The molecule has 0 unspecified atom stereocenters. The number of alkyl halides is 3. The molecule has 10 heteroatoms. The van der Waals surface area contributed by atoms with Crippen LogP contribution >= 0.6 is 0 Å². The number of pyridine rings is 1. The maximum Gasteiger partial charge on any atom is 0.390 e. The molecule has 2 N–H and O–H groups in total. The molecule has 1 aromatic heterocycles. The zero-order valence-corrected chi connectivity index (χ0v) is 16.0. The second-order valence-corrected chi connectivity index (χ2v) is 6.36. The monoisotopic (exact) mass is 400 g/mol. The number of aromatic nitrogens is 1. The fourth-order valence-electron chi connectivity index (χ4n) is 2.81. The molecule has 0 spiro atoms. The Bertz CT molecular complexity index is 630. The zero-order valence-electron chi connectivity index (χ0n) is 16.0. The highest BCUT2D eigenvalue weighted by molar-refractivity contribution is 5.81. The van der Waals surface area contributed by atoms with Crippen LogP contribution < -0.4 is 15.5 Å². The van der Waals surface area contributed by atoms with Crippen LogP contribution in [0.2, 0.25) is 0 Å². The van der Waals surface area contributed by atoms with Crippen LogP contribution in [0, 0.1) is 0 Å². The van der Waals surface area contributed by atoms with Crippen molar-refractivity contribution in [3.63, 3.8) is 0 Å². The Kier molecular flexibility index (Phi) is 8.34. The van der Waals surface area contributed by atoms with Gasteiger partial charge in [0.25, 0.3) is 0 Å². The van der Waals surface area contributed by atoms with Gasteiger partial charge in [-0.05, 0) is 19.1 Å². The average Bonchev–Trinajstić information content (AvgIpc) is 2.68. The number of nitrogens with zero attached hydrogens (tertiary/aromatic N) is 4. The molecule has 0 aliphatic carbocycles. The lowest BCUT2D eigenvalue weighted by Gasteiger charge is -2.35. The third kappa shape index (κ3) is 7.61. The first-order chi connectivity index (χ1) is 13.4. The summed E-state index contributed by atoms with van der Waals surface area (Å²) in [6.45, 7) is 5.01. The summed E-state index contributed by atoms with van der Waals surface area (Å²) in [5.74, 6) is 1.21. The summed E-state index contributed by atoms with van der Waals surface area (Å²) < 4.78 is 36.7. The lowest BCUT2D eigenvalue weighted by atomic mass is 10.2. The summed E-state index contributed by atoms with van der Waals surface area (Å²) in [5.41, 5.74) is 0. The van der Waals surface area contributed by atoms with Gasteiger partial charge in [0.15, 0.2) is 5.96 Å². The lowest BCUT2D eigenvalue weighted by molar-refractivity contribution is -0.132. The van der Waals surface area contributed by atoms with Gasteiger partial charge in [-0.15, -0.1) is 0 Å². The molecule has 1 aromatic rings. The second kappa shape index (κ2) is 10.7. The Hall–Kier alpha value is -2.52. The van der Waals surface area contributed by atoms with Crippen LogP contribution in [0.5, 0.6) is 0 Å². The molecule has 2 rings (SSSR count). The number of rotatable bonds is 7. The van der Waals surface area contributed by atoms with Crippen LogP contribution in [0.1, 0.15) is 19.8 Å². The number of hydrogen-bond donors (Lipinski definition) is 2. The highest BCUT2D eigenvalue weighted by atomic mass is 19.4. The van der Waals surface area contributed by atoms with Crippen molar-refractivity contribution in [3.05, 3.63) is 24.4 Å². The smallest absolute Gasteiger partial charge is 0.357 e. The predicted octanol–water partition coefficient (Wildman–Crippen LogP) is 1.63. The standard InChI is InChI=1S/C18H27F3N6O/c1-2-22-17(25-10-7-18(19,20)21)24-9-6-16(28)27-13-11-26(12-14-27)15-5-3-4-8-23-15/h3-5,8H,2,6-7,9-14H2,1H3,(H2,22,24,25). The molecule has 2 heterocycles. The van der Waals surface area contributed by atoms with E-state index in [0.29, 0.717) is 32.1 Å². The van der Waals surface area contributed by atoms with Gasteiger partial charge in [0.2, 0.25) is 5.91 Å². The Balaban J connectivity index is 1.71. The van der Waals surface area contributed by atoms with Crippen molar-refractivity contribution < 1.29 is 18.0 Å². The van der Waals surface area contributed by atoms with Crippen molar-refractivity contribution >= 4 is 17.7 Å². The van der Waals surface area contributed by atoms with Crippen molar-refractivity contribution in [1.82, 2.24) is 20.5 Å². The maximum absolute atomic E-state index is 12.4. The summed E-state index contributed by atoms with van der Waals surface area (Å²) in [6, 6.07) is 5.75. The van der Waals surface area contributed by atoms with Gasteiger partial charge in [-0.3, -0.25) is 9.79 Å². The molecule has 0 aromatic carbocycles. The number of hydrogen-bond acceptors (Lipinski definition) is 4. The van der Waals surface area contributed by atoms with E-state index in [1.54, 1.807) is 11.1 Å². The highest BCUT2D eigenvalue weighted by Crippen LogP contribution is 2.18. The number of nitrogens with one attached hydrogen (secondary N) is 2. The number of aliphatic imine (C=N–C) groups is 1. The van der Waals surface area contributed by atoms with E-state index in [4.69, 9.17) is 0 Å². The number of amides is 1. The van der Waals surface area contributed by atoms with E-state index in [-0.39, 0.29) is 18.9 Å². The van der Waals surface area contributed by atoms with E-state index in [1.165, 1.54) is 0 Å². The minimum Gasteiger partial charge on any atom is -0.357 e. The van der Waals surface area contributed by atoms with E-state index in [0.717, 1.165) is 18.9 Å². The number of anilines is 1. The van der Waals surface area contributed by atoms with Gasteiger partial charge in [0.05, 0.1) is 13.0 Å². The third-order valence-electron chi connectivity index (χ3n) is 4.25. The van der Waals surface area contributed by atoms with Crippen LogP contribution in [0.4, 0.5) is 19.0 Å². The first-order valence-corrected chi connectivity index (χ1v) is 9.41. The molecular weight excluding hydrogens is 373 g/mol. The molecule has 156 valence electrons. The average molecular weight is 400 g/mol. The van der Waals surface area contributed by atoms with E-state index >= 15 is 0 Å². The minimum atomic E-state index is -4.23. The van der Waals surface area contributed by atoms with Gasteiger partial charge in [0.1, 0.15) is 5.82 Å². The normalized spacial score (nSPS) is 15.5. The largest absolute Gasteiger partial charge is 0.390 e. The molecule has 28 heavy (non-hydrogen) atoms. The molecule has 1 aliphatic heterocycles. The SMILES string of the molecule is CCNC(=NCCC(F)(F)F)NCCC(=O)N1CCN(c2ccccn2)CC1. The molecule has 1 fully saturated rings. The van der Waals surface area contributed by atoms with Crippen LogP contribution in [0.15, 0.2) is 29.4 Å². The third-order valence-corrected chi connectivity index (χ3v) is 4.25. The Morgan fingerprint density at radius 3 is 2.57 bits per heavy atom. The topological polar surface area (TPSA) is 72.9 Å². The second-order valence-electron chi connectivity index (χ2n) is 6.36. The summed E-state index contributed by atoms with van der Waals surface area (Å²) in [5, 5.41) is 5.79. The highest BCUT2D eigenvalue weighted by Gasteiger charge is 2.26. The number of halogens is 3.